The summed E-state index contributed by atoms with van der Waals surface area (Å²) in [6, 6.07) is 2.84. The van der Waals surface area contributed by atoms with Gasteiger partial charge in [0.1, 0.15) is 11.6 Å². The SMILES string of the molecule is Nn1c(SCC(=O)O)nnc1-c1cc(F)cc(F)c1. The maximum Gasteiger partial charge on any atom is 0.313 e. The molecule has 0 bridgehead atoms. The molecule has 3 N–H and O–H groups in total. The number of rotatable bonds is 4. The van der Waals surface area contributed by atoms with Crippen molar-refractivity contribution in [1.29, 1.82) is 0 Å². The zero-order valence-corrected chi connectivity index (χ0v) is 10.2. The van der Waals surface area contributed by atoms with E-state index >= 15 is 0 Å². The first-order valence-electron chi connectivity index (χ1n) is 4.99. The number of thioether (sulfide) groups is 1. The molecule has 19 heavy (non-hydrogen) atoms. The molecule has 0 atom stereocenters. The van der Waals surface area contributed by atoms with Crippen molar-refractivity contribution >= 4 is 17.7 Å². The van der Waals surface area contributed by atoms with Gasteiger partial charge in [0.25, 0.3) is 0 Å². The lowest BCUT2D eigenvalue weighted by Crippen LogP contribution is -2.12. The molecule has 0 spiro atoms. The third kappa shape index (κ3) is 2.99. The van der Waals surface area contributed by atoms with E-state index in [1.807, 2.05) is 0 Å². The minimum absolute atomic E-state index is 0.0475. The number of nitrogen functional groups attached to an aromatic ring is 1. The summed E-state index contributed by atoms with van der Waals surface area (Å²) >= 11 is 0.856. The first kappa shape index (κ1) is 13.3. The highest BCUT2D eigenvalue weighted by Crippen LogP contribution is 2.22. The molecule has 2 aromatic rings. The predicted octanol–water partition coefficient (Wildman–Crippen LogP) is 1.11. The summed E-state index contributed by atoms with van der Waals surface area (Å²) in [5.41, 5.74) is 0.120. The smallest absolute Gasteiger partial charge is 0.313 e. The molecule has 0 aliphatic heterocycles. The Balaban J connectivity index is 2.33. The number of aromatic nitrogens is 3. The molecule has 0 aliphatic carbocycles. The molecular weight excluding hydrogens is 278 g/mol. The van der Waals surface area contributed by atoms with Crippen molar-refractivity contribution in [3.8, 4) is 11.4 Å². The van der Waals surface area contributed by atoms with Crippen LogP contribution in [0.15, 0.2) is 23.4 Å². The lowest BCUT2D eigenvalue weighted by molar-refractivity contribution is -0.133. The number of benzene rings is 1. The molecular formula is C10H8F2N4O2S. The Labute approximate surface area is 110 Å². The molecule has 100 valence electrons. The van der Waals surface area contributed by atoms with E-state index in [1.165, 1.54) is 0 Å². The van der Waals surface area contributed by atoms with Crippen LogP contribution >= 0.6 is 11.8 Å². The fraction of sp³-hybridized carbons (Fsp3) is 0.100. The van der Waals surface area contributed by atoms with Gasteiger partial charge in [-0.3, -0.25) is 4.79 Å². The topological polar surface area (TPSA) is 94.0 Å². The van der Waals surface area contributed by atoms with Crippen LogP contribution < -0.4 is 5.84 Å². The summed E-state index contributed by atoms with van der Waals surface area (Å²) in [4.78, 5) is 10.4. The minimum atomic E-state index is -1.04. The van der Waals surface area contributed by atoms with Gasteiger partial charge in [0.2, 0.25) is 5.16 Å². The van der Waals surface area contributed by atoms with Crippen molar-refractivity contribution in [2.45, 2.75) is 5.16 Å². The van der Waals surface area contributed by atoms with Crippen LogP contribution in [0.5, 0.6) is 0 Å². The van der Waals surface area contributed by atoms with Crippen LogP contribution in [0.1, 0.15) is 0 Å². The second-order valence-corrected chi connectivity index (χ2v) is 4.46. The Kier molecular flexibility index (Phi) is 3.65. The van der Waals surface area contributed by atoms with Crippen LogP contribution in [0.3, 0.4) is 0 Å². The van der Waals surface area contributed by atoms with E-state index in [0.717, 1.165) is 34.6 Å². The third-order valence-electron chi connectivity index (χ3n) is 2.11. The van der Waals surface area contributed by atoms with Gasteiger partial charge in [-0.15, -0.1) is 10.2 Å². The van der Waals surface area contributed by atoms with E-state index in [1.54, 1.807) is 0 Å². The van der Waals surface area contributed by atoms with Crippen molar-refractivity contribution in [3.63, 3.8) is 0 Å². The molecule has 0 fully saturated rings. The first-order chi connectivity index (χ1) is 8.97. The highest BCUT2D eigenvalue weighted by Gasteiger charge is 2.14. The zero-order valence-electron chi connectivity index (χ0n) is 9.38. The van der Waals surface area contributed by atoms with Crippen molar-refractivity contribution in [1.82, 2.24) is 14.9 Å². The fourth-order valence-corrected chi connectivity index (χ4v) is 1.96. The number of hydrogen-bond acceptors (Lipinski definition) is 5. The summed E-state index contributed by atoms with van der Waals surface area (Å²) in [5.74, 6) is 2.89. The molecule has 2 rings (SSSR count). The average molecular weight is 286 g/mol. The lowest BCUT2D eigenvalue weighted by atomic mass is 10.2. The van der Waals surface area contributed by atoms with E-state index in [4.69, 9.17) is 10.9 Å². The summed E-state index contributed by atoms with van der Waals surface area (Å²) in [5, 5.41) is 16.0. The number of nitrogens with two attached hydrogens (primary N) is 1. The molecule has 0 radical (unpaired) electrons. The van der Waals surface area contributed by atoms with Gasteiger partial charge in [0.05, 0.1) is 5.75 Å². The Morgan fingerprint density at radius 2 is 1.95 bits per heavy atom. The maximum absolute atomic E-state index is 13.1. The first-order valence-corrected chi connectivity index (χ1v) is 5.97. The van der Waals surface area contributed by atoms with Crippen LogP contribution in [0.25, 0.3) is 11.4 Å². The Morgan fingerprint density at radius 1 is 1.32 bits per heavy atom. The van der Waals surface area contributed by atoms with Crippen LogP contribution in [0, 0.1) is 11.6 Å². The number of carbonyl (C=O) groups is 1. The molecule has 0 saturated carbocycles. The summed E-state index contributed by atoms with van der Waals surface area (Å²) in [6.45, 7) is 0. The average Bonchev–Trinajstić information content (AvgIpc) is 2.66. The molecule has 1 aromatic carbocycles. The predicted molar refractivity (Wildman–Crippen MR) is 63.9 cm³/mol. The number of carboxylic acid groups (broad SMARTS) is 1. The third-order valence-corrected chi connectivity index (χ3v) is 3.04. The van der Waals surface area contributed by atoms with E-state index < -0.39 is 17.6 Å². The number of carboxylic acids is 1. The van der Waals surface area contributed by atoms with Gasteiger partial charge in [-0.2, -0.15) is 0 Å². The van der Waals surface area contributed by atoms with Gasteiger partial charge in [-0.25, -0.2) is 13.5 Å². The van der Waals surface area contributed by atoms with E-state index in [-0.39, 0.29) is 22.3 Å². The summed E-state index contributed by atoms with van der Waals surface area (Å²) < 4.78 is 27.2. The largest absolute Gasteiger partial charge is 0.481 e. The van der Waals surface area contributed by atoms with Crippen molar-refractivity contribution in [3.05, 3.63) is 29.8 Å². The molecule has 6 nitrogen and oxygen atoms in total. The van der Waals surface area contributed by atoms with Gasteiger partial charge >= 0.3 is 5.97 Å². The highest BCUT2D eigenvalue weighted by molar-refractivity contribution is 7.99. The maximum atomic E-state index is 13.1. The Bertz CT molecular complexity index is 612. The summed E-state index contributed by atoms with van der Waals surface area (Å²) in [7, 11) is 0. The molecule has 0 amide bonds. The molecule has 0 unspecified atom stereocenters. The Hall–Kier alpha value is -2.16. The van der Waals surface area contributed by atoms with Crippen LogP contribution in [0.2, 0.25) is 0 Å². The van der Waals surface area contributed by atoms with Gasteiger partial charge in [-0.05, 0) is 12.1 Å². The van der Waals surface area contributed by atoms with Gasteiger partial charge in [0.15, 0.2) is 5.82 Å². The van der Waals surface area contributed by atoms with Gasteiger partial charge < -0.3 is 10.9 Å². The van der Waals surface area contributed by atoms with Crippen molar-refractivity contribution in [2.24, 2.45) is 0 Å². The van der Waals surface area contributed by atoms with Gasteiger partial charge in [0, 0.05) is 11.6 Å². The van der Waals surface area contributed by atoms with Crippen LogP contribution in [0.4, 0.5) is 8.78 Å². The highest BCUT2D eigenvalue weighted by atomic mass is 32.2. The second kappa shape index (κ2) is 5.22. The zero-order chi connectivity index (χ0) is 14.0. The van der Waals surface area contributed by atoms with E-state index in [9.17, 15) is 13.6 Å². The van der Waals surface area contributed by atoms with Crippen LogP contribution in [-0.2, 0) is 4.79 Å². The van der Waals surface area contributed by atoms with Crippen molar-refractivity contribution < 1.29 is 18.7 Å². The van der Waals surface area contributed by atoms with Crippen LogP contribution in [-0.4, -0.2) is 31.7 Å². The van der Waals surface area contributed by atoms with E-state index in [0.29, 0.717) is 0 Å². The summed E-state index contributed by atoms with van der Waals surface area (Å²) in [6.07, 6.45) is 0. The number of nitrogens with zero attached hydrogens (tertiary/aromatic N) is 3. The molecule has 0 saturated heterocycles. The molecule has 1 aromatic heterocycles. The van der Waals surface area contributed by atoms with Crippen molar-refractivity contribution in [2.75, 3.05) is 11.6 Å². The van der Waals surface area contributed by atoms with Gasteiger partial charge in [-0.1, -0.05) is 11.8 Å². The molecule has 0 aliphatic rings. The minimum Gasteiger partial charge on any atom is -0.481 e. The fourth-order valence-electron chi connectivity index (χ4n) is 1.38. The Morgan fingerprint density at radius 3 is 2.53 bits per heavy atom. The molecule has 9 heteroatoms. The monoisotopic (exact) mass is 286 g/mol. The standard InChI is InChI=1S/C10H8F2N4O2S/c11-6-1-5(2-7(12)3-6)9-14-15-10(16(9)13)19-4-8(17)18/h1-3H,4,13H2,(H,17,18). The second-order valence-electron chi connectivity index (χ2n) is 3.52. The number of halogens is 2. The normalized spacial score (nSPS) is 10.6. The lowest BCUT2D eigenvalue weighted by Gasteiger charge is -2.03. The molecule has 1 heterocycles. The number of hydrogen-bond donors (Lipinski definition) is 2. The quantitative estimate of drug-likeness (QED) is 0.646. The van der Waals surface area contributed by atoms with E-state index in [2.05, 4.69) is 10.2 Å². The number of aliphatic carboxylic acids is 1.